The predicted molar refractivity (Wildman–Crippen MR) is 89.9 cm³/mol. The Morgan fingerprint density at radius 2 is 2.00 bits per heavy atom. The number of likely N-dealkylation sites (tertiary alicyclic amines) is 1. The maximum absolute atomic E-state index is 12.4. The second-order valence-corrected chi connectivity index (χ2v) is 6.15. The summed E-state index contributed by atoms with van der Waals surface area (Å²) in [5.74, 6) is 1.11. The molecule has 24 heavy (non-hydrogen) atoms. The minimum atomic E-state index is 0.0113. The van der Waals surface area contributed by atoms with Crippen LogP contribution in [0.4, 0.5) is 0 Å². The van der Waals surface area contributed by atoms with Gasteiger partial charge in [-0.15, -0.1) is 0 Å². The lowest BCUT2D eigenvalue weighted by atomic mass is 9.97. The molecular weight excluding hydrogens is 304 g/mol. The quantitative estimate of drug-likeness (QED) is 0.863. The molecule has 3 rings (SSSR count). The minimum absolute atomic E-state index is 0.0113. The van der Waals surface area contributed by atoms with Crippen molar-refractivity contribution < 1.29 is 9.53 Å². The molecule has 1 aliphatic heterocycles. The highest BCUT2D eigenvalue weighted by Gasteiger charge is 2.24. The number of rotatable bonds is 4. The molecule has 0 unspecified atom stereocenters. The van der Waals surface area contributed by atoms with E-state index in [0.29, 0.717) is 24.1 Å². The van der Waals surface area contributed by atoms with Crippen molar-refractivity contribution in [3.05, 3.63) is 47.7 Å². The second-order valence-electron chi connectivity index (χ2n) is 6.15. The van der Waals surface area contributed by atoms with Gasteiger partial charge in [-0.1, -0.05) is 6.07 Å². The maximum atomic E-state index is 12.4. The van der Waals surface area contributed by atoms with Gasteiger partial charge in [0.2, 0.25) is 5.88 Å². The van der Waals surface area contributed by atoms with Crippen molar-refractivity contribution in [2.24, 2.45) is 5.92 Å². The topological polar surface area (TPSA) is 68.2 Å². The molecule has 1 aliphatic rings. The third-order valence-electron chi connectivity index (χ3n) is 4.53. The molecule has 0 aliphatic carbocycles. The van der Waals surface area contributed by atoms with Gasteiger partial charge in [0.1, 0.15) is 12.0 Å². The summed E-state index contributed by atoms with van der Waals surface area (Å²) in [5.41, 5.74) is 2.44. The first kappa shape index (κ1) is 16.4. The average molecular weight is 326 g/mol. The van der Waals surface area contributed by atoms with Crippen LogP contribution < -0.4 is 4.74 Å². The molecule has 0 atom stereocenters. The average Bonchev–Trinajstić information content (AvgIpc) is 2.63. The summed E-state index contributed by atoms with van der Waals surface area (Å²) in [4.78, 5) is 26.7. The molecule has 2 aromatic heterocycles. The molecule has 2 aromatic rings. The second kappa shape index (κ2) is 7.38. The van der Waals surface area contributed by atoms with E-state index in [4.69, 9.17) is 4.74 Å². The lowest BCUT2D eigenvalue weighted by Crippen LogP contribution is -2.40. The fourth-order valence-electron chi connectivity index (χ4n) is 2.81. The van der Waals surface area contributed by atoms with Gasteiger partial charge in [-0.2, -0.15) is 0 Å². The summed E-state index contributed by atoms with van der Waals surface area (Å²) in [6.07, 6.45) is 5.05. The summed E-state index contributed by atoms with van der Waals surface area (Å²) in [7, 11) is 0. The number of carbonyl (C=O) groups excluding carboxylic acids is 1. The third-order valence-corrected chi connectivity index (χ3v) is 4.53. The number of amides is 1. The van der Waals surface area contributed by atoms with Crippen molar-refractivity contribution in [2.75, 3.05) is 19.7 Å². The molecule has 0 radical (unpaired) electrons. The normalized spacial score (nSPS) is 15.3. The number of hydrogen-bond donors (Lipinski definition) is 0. The number of ether oxygens (including phenoxy) is 1. The zero-order valence-corrected chi connectivity index (χ0v) is 14.1. The predicted octanol–water partition coefficient (Wildman–Crippen LogP) is 2.42. The highest BCUT2D eigenvalue weighted by Crippen LogP contribution is 2.21. The van der Waals surface area contributed by atoms with E-state index in [1.165, 1.54) is 6.33 Å². The van der Waals surface area contributed by atoms with E-state index in [9.17, 15) is 4.79 Å². The van der Waals surface area contributed by atoms with Crippen LogP contribution in [0.3, 0.4) is 0 Å². The molecule has 0 aromatic carbocycles. The van der Waals surface area contributed by atoms with Gasteiger partial charge in [-0.3, -0.25) is 9.78 Å². The number of pyridine rings is 1. The Hall–Kier alpha value is -2.50. The fraction of sp³-hybridized carbons (Fsp3) is 0.444. The summed E-state index contributed by atoms with van der Waals surface area (Å²) in [6.45, 7) is 6.03. The summed E-state index contributed by atoms with van der Waals surface area (Å²) < 4.78 is 5.87. The summed E-state index contributed by atoms with van der Waals surface area (Å²) in [5, 5.41) is 0. The van der Waals surface area contributed by atoms with Crippen LogP contribution in [0, 0.1) is 19.8 Å². The van der Waals surface area contributed by atoms with E-state index >= 15 is 0 Å². The number of aryl methyl sites for hydroxylation is 1. The van der Waals surface area contributed by atoms with Gasteiger partial charge in [0.05, 0.1) is 6.61 Å². The standard InChI is InChI=1S/C18H22N4O2/c1-13-14(2)20-12-21-17(13)24-11-15-6-9-22(10-7-15)18(23)16-5-3-4-8-19-16/h3-5,8,12,15H,6-7,9-11H2,1-2H3. The maximum Gasteiger partial charge on any atom is 0.272 e. The van der Waals surface area contributed by atoms with Crippen LogP contribution in [0.25, 0.3) is 0 Å². The molecule has 0 saturated carbocycles. The molecule has 6 nitrogen and oxygen atoms in total. The van der Waals surface area contributed by atoms with E-state index in [-0.39, 0.29) is 5.91 Å². The highest BCUT2D eigenvalue weighted by atomic mass is 16.5. The molecule has 0 spiro atoms. The smallest absolute Gasteiger partial charge is 0.272 e. The van der Waals surface area contributed by atoms with Crippen LogP contribution >= 0.6 is 0 Å². The number of carbonyl (C=O) groups is 1. The van der Waals surface area contributed by atoms with Gasteiger partial charge in [0.25, 0.3) is 5.91 Å². The zero-order valence-electron chi connectivity index (χ0n) is 14.1. The number of aromatic nitrogens is 3. The Labute approximate surface area is 141 Å². The molecule has 0 bridgehead atoms. The van der Waals surface area contributed by atoms with E-state index in [1.54, 1.807) is 12.3 Å². The molecular formula is C18H22N4O2. The Balaban J connectivity index is 1.50. The molecule has 1 amide bonds. The van der Waals surface area contributed by atoms with Gasteiger partial charge < -0.3 is 9.64 Å². The van der Waals surface area contributed by atoms with Gasteiger partial charge in [-0.05, 0) is 44.7 Å². The van der Waals surface area contributed by atoms with E-state index in [0.717, 1.165) is 37.2 Å². The van der Waals surface area contributed by atoms with Crippen molar-refractivity contribution >= 4 is 5.91 Å². The van der Waals surface area contributed by atoms with Crippen molar-refractivity contribution in [3.8, 4) is 5.88 Å². The number of piperidine rings is 1. The largest absolute Gasteiger partial charge is 0.477 e. The minimum Gasteiger partial charge on any atom is -0.477 e. The van der Waals surface area contributed by atoms with Crippen molar-refractivity contribution in [1.29, 1.82) is 0 Å². The fourth-order valence-corrected chi connectivity index (χ4v) is 2.81. The Bertz CT molecular complexity index is 697. The van der Waals surface area contributed by atoms with Crippen molar-refractivity contribution in [3.63, 3.8) is 0 Å². The van der Waals surface area contributed by atoms with Crippen LogP contribution in [0.2, 0.25) is 0 Å². The van der Waals surface area contributed by atoms with E-state index < -0.39 is 0 Å². The number of hydrogen-bond acceptors (Lipinski definition) is 5. The summed E-state index contributed by atoms with van der Waals surface area (Å²) in [6, 6.07) is 5.42. The Morgan fingerprint density at radius 1 is 1.21 bits per heavy atom. The summed E-state index contributed by atoms with van der Waals surface area (Å²) >= 11 is 0. The Kier molecular flexibility index (Phi) is 5.03. The zero-order chi connectivity index (χ0) is 16.9. The van der Waals surface area contributed by atoms with Gasteiger partial charge in [0, 0.05) is 30.5 Å². The van der Waals surface area contributed by atoms with Crippen LogP contribution in [0.1, 0.15) is 34.6 Å². The first-order valence-electron chi connectivity index (χ1n) is 8.26. The van der Waals surface area contributed by atoms with Crippen LogP contribution in [-0.2, 0) is 0 Å². The monoisotopic (exact) mass is 326 g/mol. The molecule has 1 saturated heterocycles. The van der Waals surface area contributed by atoms with Gasteiger partial charge in [-0.25, -0.2) is 9.97 Å². The molecule has 126 valence electrons. The van der Waals surface area contributed by atoms with Crippen molar-refractivity contribution in [2.45, 2.75) is 26.7 Å². The molecule has 1 fully saturated rings. The third kappa shape index (κ3) is 3.69. The molecule has 3 heterocycles. The van der Waals surface area contributed by atoms with Crippen molar-refractivity contribution in [1.82, 2.24) is 19.9 Å². The number of nitrogens with zero attached hydrogens (tertiary/aromatic N) is 4. The first-order valence-corrected chi connectivity index (χ1v) is 8.26. The molecule has 6 heteroatoms. The van der Waals surface area contributed by atoms with Gasteiger partial charge in [0.15, 0.2) is 0 Å². The highest BCUT2D eigenvalue weighted by molar-refractivity contribution is 5.92. The Morgan fingerprint density at radius 3 is 2.71 bits per heavy atom. The van der Waals surface area contributed by atoms with Crippen LogP contribution in [0.15, 0.2) is 30.7 Å². The first-order chi connectivity index (χ1) is 11.6. The van der Waals surface area contributed by atoms with Gasteiger partial charge >= 0.3 is 0 Å². The van der Waals surface area contributed by atoms with E-state index in [1.807, 2.05) is 30.9 Å². The van der Waals surface area contributed by atoms with Crippen LogP contribution in [-0.4, -0.2) is 45.5 Å². The SMILES string of the molecule is Cc1ncnc(OCC2CCN(C(=O)c3ccccn3)CC2)c1C. The van der Waals surface area contributed by atoms with Crippen LogP contribution in [0.5, 0.6) is 5.88 Å². The molecule has 0 N–H and O–H groups in total. The lowest BCUT2D eigenvalue weighted by molar-refractivity contribution is 0.0653. The van der Waals surface area contributed by atoms with E-state index in [2.05, 4.69) is 15.0 Å². The lowest BCUT2D eigenvalue weighted by Gasteiger charge is -2.31.